The molecule has 0 N–H and O–H groups in total. The van der Waals surface area contributed by atoms with Crippen LogP contribution in [0.25, 0.3) is 0 Å². The van der Waals surface area contributed by atoms with Crippen LogP contribution in [0.5, 0.6) is 5.75 Å². The van der Waals surface area contributed by atoms with Crippen LogP contribution in [0.1, 0.15) is 6.42 Å². The molecule has 1 aliphatic rings. The molecule has 0 aliphatic carbocycles. The molecule has 1 fully saturated rings. The van der Waals surface area contributed by atoms with Gasteiger partial charge in [0.25, 0.3) is 0 Å². The van der Waals surface area contributed by atoms with Gasteiger partial charge in [0.2, 0.25) is 5.91 Å². The maximum atomic E-state index is 12.8. The Balaban J connectivity index is 2.39. The van der Waals surface area contributed by atoms with Gasteiger partial charge in [-0.1, -0.05) is 27.5 Å². The molecular formula is C12H9BrClF4NO4S. The van der Waals surface area contributed by atoms with Crippen molar-refractivity contribution in [2.24, 2.45) is 5.92 Å². The monoisotopic (exact) mass is 453 g/mol. The number of rotatable bonds is 4. The molecule has 1 atom stereocenters. The Labute approximate surface area is 147 Å². The standard InChI is InChI=1S/C12H9BrClF4NO4S/c13-7-2-8(14)11(9(3-7)23-12(15,16)17)19-4-6(1-10(19)20)5-24(18,21)22/h2-3,6H,1,4-5H2. The number of hydrogen-bond donors (Lipinski definition) is 0. The highest BCUT2D eigenvalue weighted by molar-refractivity contribution is 9.10. The van der Waals surface area contributed by atoms with E-state index in [1.165, 1.54) is 6.07 Å². The van der Waals surface area contributed by atoms with Crippen molar-refractivity contribution in [1.82, 2.24) is 0 Å². The summed E-state index contributed by atoms with van der Waals surface area (Å²) in [4.78, 5) is 12.9. The fourth-order valence-corrected chi connectivity index (χ4v) is 4.07. The third kappa shape index (κ3) is 4.96. The van der Waals surface area contributed by atoms with Crippen molar-refractivity contribution in [3.63, 3.8) is 0 Å². The van der Waals surface area contributed by atoms with Gasteiger partial charge in [0.15, 0.2) is 5.75 Å². The number of alkyl halides is 3. The molecule has 0 bridgehead atoms. The van der Waals surface area contributed by atoms with E-state index in [9.17, 15) is 30.3 Å². The summed E-state index contributed by atoms with van der Waals surface area (Å²) in [5.41, 5.74) is -0.346. The van der Waals surface area contributed by atoms with Crippen LogP contribution in [-0.2, 0) is 15.0 Å². The lowest BCUT2D eigenvalue weighted by atomic mass is 10.1. The van der Waals surface area contributed by atoms with E-state index in [0.717, 1.165) is 11.0 Å². The minimum absolute atomic E-state index is 0.185. The minimum atomic E-state index is -5.02. The lowest BCUT2D eigenvalue weighted by Gasteiger charge is -2.22. The minimum Gasteiger partial charge on any atom is -0.403 e. The fraction of sp³-hybridized carbons (Fsp3) is 0.417. The summed E-state index contributed by atoms with van der Waals surface area (Å²) < 4.78 is 75.9. The quantitative estimate of drug-likeness (QED) is 0.515. The largest absolute Gasteiger partial charge is 0.573 e. The summed E-state index contributed by atoms with van der Waals surface area (Å²) in [6, 6.07) is 2.23. The molecule has 0 spiro atoms. The summed E-state index contributed by atoms with van der Waals surface area (Å²) in [5, 5.41) is -0.208. The molecule has 1 heterocycles. The van der Waals surface area contributed by atoms with Gasteiger partial charge in [-0.05, 0) is 12.1 Å². The molecule has 134 valence electrons. The molecule has 1 aliphatic heterocycles. The van der Waals surface area contributed by atoms with Crippen molar-refractivity contribution in [1.29, 1.82) is 0 Å². The third-order valence-electron chi connectivity index (χ3n) is 3.13. The zero-order valence-electron chi connectivity index (χ0n) is 11.6. The Kier molecular flexibility index (Phi) is 5.36. The Morgan fingerprint density at radius 1 is 1.38 bits per heavy atom. The van der Waals surface area contributed by atoms with E-state index in [2.05, 4.69) is 20.7 Å². The van der Waals surface area contributed by atoms with Crippen molar-refractivity contribution in [2.75, 3.05) is 17.2 Å². The number of hydrogen-bond acceptors (Lipinski definition) is 4. The molecule has 2 rings (SSSR count). The number of benzene rings is 1. The van der Waals surface area contributed by atoms with Gasteiger partial charge in [-0.2, -0.15) is 8.42 Å². The molecule has 12 heteroatoms. The number of carbonyl (C=O) groups excluding carboxylic acids is 1. The molecule has 24 heavy (non-hydrogen) atoms. The first-order chi connectivity index (χ1) is 10.9. The van der Waals surface area contributed by atoms with Gasteiger partial charge >= 0.3 is 16.6 Å². The van der Waals surface area contributed by atoms with E-state index in [1.54, 1.807) is 0 Å². The number of carbonyl (C=O) groups is 1. The number of nitrogens with zero attached hydrogens (tertiary/aromatic N) is 1. The van der Waals surface area contributed by atoms with Crippen LogP contribution in [0.4, 0.5) is 22.7 Å². The van der Waals surface area contributed by atoms with Gasteiger partial charge in [-0.25, -0.2) is 0 Å². The summed E-state index contributed by atoms with van der Waals surface area (Å²) in [6.45, 7) is -0.294. The lowest BCUT2D eigenvalue weighted by molar-refractivity contribution is -0.274. The predicted octanol–water partition coefficient (Wildman–Crippen LogP) is 3.65. The van der Waals surface area contributed by atoms with Gasteiger partial charge in [0.05, 0.1) is 10.8 Å². The highest BCUT2D eigenvalue weighted by Crippen LogP contribution is 2.43. The molecule has 1 unspecified atom stereocenters. The van der Waals surface area contributed by atoms with Gasteiger partial charge in [-0.15, -0.1) is 17.1 Å². The zero-order valence-corrected chi connectivity index (χ0v) is 14.8. The first-order valence-corrected chi connectivity index (χ1v) is 9.05. The topological polar surface area (TPSA) is 63.7 Å². The first-order valence-electron chi connectivity index (χ1n) is 6.33. The molecular weight excluding hydrogens is 446 g/mol. The van der Waals surface area contributed by atoms with E-state index in [4.69, 9.17) is 11.6 Å². The summed E-state index contributed by atoms with van der Waals surface area (Å²) in [6.07, 6.45) is -5.36. The van der Waals surface area contributed by atoms with E-state index in [0.29, 0.717) is 0 Å². The van der Waals surface area contributed by atoms with Crippen molar-refractivity contribution >= 4 is 49.3 Å². The first kappa shape index (κ1) is 19.3. The van der Waals surface area contributed by atoms with Crippen molar-refractivity contribution in [3.05, 3.63) is 21.6 Å². The molecule has 1 amide bonds. The van der Waals surface area contributed by atoms with Crippen molar-refractivity contribution < 1.29 is 35.0 Å². The Hall–Kier alpha value is -1.07. The maximum Gasteiger partial charge on any atom is 0.573 e. The molecule has 0 saturated carbocycles. The Morgan fingerprint density at radius 2 is 2.00 bits per heavy atom. The highest BCUT2D eigenvalue weighted by atomic mass is 79.9. The third-order valence-corrected chi connectivity index (χ3v) is 4.74. The lowest BCUT2D eigenvalue weighted by Crippen LogP contribution is -2.28. The summed E-state index contributed by atoms with van der Waals surface area (Å²) >= 11 is 8.89. The Bertz CT molecular complexity index is 771. The molecule has 0 radical (unpaired) electrons. The van der Waals surface area contributed by atoms with Crippen LogP contribution >= 0.6 is 27.5 Å². The molecule has 1 aromatic carbocycles. The SMILES string of the molecule is O=C1CC(CS(=O)(=O)F)CN1c1c(Cl)cc(Br)cc1OC(F)(F)F. The molecule has 1 aromatic rings. The van der Waals surface area contributed by atoms with Gasteiger partial charge < -0.3 is 9.64 Å². The summed E-state index contributed by atoms with van der Waals surface area (Å²) in [7, 11) is -4.82. The average Bonchev–Trinajstić information content (AvgIpc) is 2.64. The van der Waals surface area contributed by atoms with Gasteiger partial charge in [0, 0.05) is 23.4 Å². The number of amides is 1. The van der Waals surface area contributed by atoms with E-state index in [1.807, 2.05) is 0 Å². The van der Waals surface area contributed by atoms with Crippen molar-refractivity contribution in [3.8, 4) is 5.75 Å². The highest BCUT2D eigenvalue weighted by Gasteiger charge is 2.39. The van der Waals surface area contributed by atoms with Gasteiger partial charge in [0.1, 0.15) is 5.69 Å². The zero-order chi connectivity index (χ0) is 18.3. The van der Waals surface area contributed by atoms with Crippen LogP contribution in [0.3, 0.4) is 0 Å². The maximum absolute atomic E-state index is 12.8. The molecule has 5 nitrogen and oxygen atoms in total. The van der Waals surface area contributed by atoms with Crippen LogP contribution in [0.2, 0.25) is 5.02 Å². The molecule has 0 aromatic heterocycles. The van der Waals surface area contributed by atoms with Crippen LogP contribution in [0.15, 0.2) is 16.6 Å². The normalized spacial score (nSPS) is 19.0. The van der Waals surface area contributed by atoms with E-state index >= 15 is 0 Å². The molecule has 1 saturated heterocycles. The number of ether oxygens (including phenoxy) is 1. The van der Waals surface area contributed by atoms with Crippen LogP contribution < -0.4 is 9.64 Å². The smallest absolute Gasteiger partial charge is 0.403 e. The van der Waals surface area contributed by atoms with Gasteiger partial charge in [-0.3, -0.25) is 4.79 Å². The Morgan fingerprint density at radius 3 is 2.54 bits per heavy atom. The summed E-state index contributed by atoms with van der Waals surface area (Å²) in [5.74, 6) is -3.21. The van der Waals surface area contributed by atoms with E-state index < -0.39 is 39.9 Å². The second kappa shape index (κ2) is 6.68. The number of anilines is 1. The average molecular weight is 455 g/mol. The van der Waals surface area contributed by atoms with Crippen LogP contribution in [-0.4, -0.2) is 33.0 Å². The van der Waals surface area contributed by atoms with Crippen LogP contribution in [0, 0.1) is 5.92 Å². The predicted molar refractivity (Wildman–Crippen MR) is 81.2 cm³/mol. The van der Waals surface area contributed by atoms with Crippen molar-refractivity contribution in [2.45, 2.75) is 12.8 Å². The number of halogens is 6. The van der Waals surface area contributed by atoms with E-state index in [-0.39, 0.29) is 28.1 Å². The second-order valence-corrected chi connectivity index (χ2v) is 7.80. The second-order valence-electron chi connectivity index (χ2n) is 5.06. The fourth-order valence-electron chi connectivity index (χ4n) is 2.40.